The molecule has 0 unspecified atom stereocenters. The number of pyridine rings is 2. The van der Waals surface area contributed by atoms with Gasteiger partial charge in [0.25, 0.3) is 0 Å². The summed E-state index contributed by atoms with van der Waals surface area (Å²) in [4.78, 5) is 4.25. The number of nitrogens with zero attached hydrogens (tertiary/aromatic N) is 6. The van der Waals surface area contributed by atoms with Crippen LogP contribution in [0.3, 0.4) is 0 Å². The Balaban J connectivity index is 2.18. The molecule has 0 amide bonds. The number of fused-ring (bicyclic) bond motifs is 2. The highest BCUT2D eigenvalue weighted by molar-refractivity contribution is 5.67. The van der Waals surface area contributed by atoms with E-state index in [1.807, 2.05) is 21.0 Å². The van der Waals surface area contributed by atoms with Gasteiger partial charge in [-0.25, -0.2) is 9.50 Å². The Morgan fingerprint density at radius 3 is 2.85 bits per heavy atom. The van der Waals surface area contributed by atoms with Crippen molar-refractivity contribution in [2.45, 2.75) is 13.8 Å². The minimum Gasteiger partial charge on any atom is -0.280 e. The van der Waals surface area contributed by atoms with Gasteiger partial charge in [0.1, 0.15) is 12.7 Å². The first-order valence-electron chi connectivity index (χ1n) is 6.34. The van der Waals surface area contributed by atoms with Crippen LogP contribution >= 0.6 is 0 Å². The molecule has 0 saturated heterocycles. The molecule has 20 heavy (non-hydrogen) atoms. The Morgan fingerprint density at radius 2 is 1.95 bits per heavy atom. The first-order chi connectivity index (χ1) is 9.74. The Hall–Kier alpha value is -2.76. The van der Waals surface area contributed by atoms with Gasteiger partial charge in [0.2, 0.25) is 0 Å². The van der Waals surface area contributed by atoms with Gasteiger partial charge in [0.05, 0.1) is 11.4 Å². The van der Waals surface area contributed by atoms with Gasteiger partial charge in [-0.15, -0.1) is 10.2 Å². The van der Waals surface area contributed by atoms with Crippen molar-refractivity contribution in [2.75, 3.05) is 0 Å². The fourth-order valence-corrected chi connectivity index (χ4v) is 2.53. The Labute approximate surface area is 114 Å². The summed E-state index contributed by atoms with van der Waals surface area (Å²) in [7, 11) is 0. The van der Waals surface area contributed by atoms with Crippen molar-refractivity contribution in [1.29, 1.82) is 0 Å². The summed E-state index contributed by atoms with van der Waals surface area (Å²) in [6, 6.07) is 8.13. The first kappa shape index (κ1) is 11.1. The van der Waals surface area contributed by atoms with Crippen LogP contribution < -0.4 is 0 Å². The second-order valence-electron chi connectivity index (χ2n) is 4.87. The number of aryl methyl sites for hydroxylation is 2. The molecule has 4 rings (SSSR count). The summed E-state index contributed by atoms with van der Waals surface area (Å²) in [6.45, 7) is 4.12. The van der Waals surface area contributed by atoms with Crippen LogP contribution in [0, 0.1) is 13.8 Å². The van der Waals surface area contributed by atoms with Crippen molar-refractivity contribution >= 4 is 11.3 Å². The fourth-order valence-electron chi connectivity index (χ4n) is 2.53. The minimum absolute atomic E-state index is 0.827. The van der Waals surface area contributed by atoms with E-state index in [4.69, 9.17) is 0 Å². The van der Waals surface area contributed by atoms with Crippen molar-refractivity contribution in [3.05, 3.63) is 48.0 Å². The Morgan fingerprint density at radius 1 is 1.05 bits per heavy atom. The lowest BCUT2D eigenvalue weighted by Crippen LogP contribution is -2.02. The third-order valence-electron chi connectivity index (χ3n) is 3.44. The van der Waals surface area contributed by atoms with Crippen molar-refractivity contribution in [2.24, 2.45) is 0 Å². The highest BCUT2D eigenvalue weighted by Crippen LogP contribution is 2.25. The van der Waals surface area contributed by atoms with Crippen LogP contribution in [0.25, 0.3) is 22.7 Å². The molecule has 6 heteroatoms. The third kappa shape index (κ3) is 1.45. The van der Waals surface area contributed by atoms with Gasteiger partial charge in [0, 0.05) is 0 Å². The second-order valence-corrected chi connectivity index (χ2v) is 4.87. The zero-order valence-electron chi connectivity index (χ0n) is 11.1. The van der Waals surface area contributed by atoms with Crippen LogP contribution in [0.4, 0.5) is 0 Å². The van der Waals surface area contributed by atoms with Gasteiger partial charge in [-0.1, -0.05) is 6.07 Å². The van der Waals surface area contributed by atoms with E-state index >= 15 is 0 Å². The van der Waals surface area contributed by atoms with Gasteiger partial charge in [-0.05, 0) is 43.2 Å². The van der Waals surface area contributed by atoms with Crippen LogP contribution in [-0.2, 0) is 0 Å². The van der Waals surface area contributed by atoms with E-state index in [-0.39, 0.29) is 0 Å². The highest BCUT2D eigenvalue weighted by atomic mass is 15.3. The molecule has 4 heterocycles. The monoisotopic (exact) mass is 264 g/mol. The van der Waals surface area contributed by atoms with Crippen LogP contribution in [0.5, 0.6) is 0 Å². The third-order valence-corrected chi connectivity index (χ3v) is 3.44. The van der Waals surface area contributed by atoms with Crippen molar-refractivity contribution in [3.63, 3.8) is 0 Å². The molecule has 0 fully saturated rings. The smallest absolute Gasteiger partial charge is 0.161 e. The van der Waals surface area contributed by atoms with E-state index in [1.165, 1.54) is 0 Å². The zero-order chi connectivity index (χ0) is 13.7. The molecule has 4 aromatic heterocycles. The maximum Gasteiger partial charge on any atom is 0.161 e. The fraction of sp³-hybridized carbons (Fsp3) is 0.143. The molecule has 0 saturated carbocycles. The maximum absolute atomic E-state index is 4.33. The average molecular weight is 264 g/mol. The predicted octanol–water partition coefficient (Wildman–Crippen LogP) is 2.06. The first-order valence-corrected chi connectivity index (χ1v) is 6.34. The van der Waals surface area contributed by atoms with E-state index < -0.39 is 0 Å². The van der Waals surface area contributed by atoms with E-state index in [0.29, 0.717) is 0 Å². The molecular formula is C14H12N6. The summed E-state index contributed by atoms with van der Waals surface area (Å²) in [5.74, 6) is 0. The molecule has 0 aliphatic carbocycles. The van der Waals surface area contributed by atoms with Crippen LogP contribution in [-0.4, -0.2) is 29.2 Å². The van der Waals surface area contributed by atoms with E-state index in [2.05, 4.69) is 46.3 Å². The second kappa shape index (κ2) is 3.86. The highest BCUT2D eigenvalue weighted by Gasteiger charge is 2.13. The van der Waals surface area contributed by atoms with Gasteiger partial charge >= 0.3 is 0 Å². The molecule has 0 radical (unpaired) electrons. The van der Waals surface area contributed by atoms with Crippen molar-refractivity contribution in [1.82, 2.24) is 29.2 Å². The predicted molar refractivity (Wildman–Crippen MR) is 74.4 cm³/mol. The summed E-state index contributed by atoms with van der Waals surface area (Å²) in [5, 5.41) is 12.5. The molecule has 98 valence electrons. The lowest BCUT2D eigenvalue weighted by Gasteiger charge is -2.11. The van der Waals surface area contributed by atoms with E-state index in [0.717, 1.165) is 33.8 Å². The SMILES string of the molecule is Cc1cc(-c2c(C)ccc3ncnn23)n2cnnc2c1. The molecule has 0 aliphatic rings. The standard InChI is InChI=1S/C14H12N6/c1-9-5-11(19-8-16-18-13(19)6-9)14-10(2)3-4-12-15-7-17-20(12)14/h3-8H,1-2H3. The summed E-state index contributed by atoms with van der Waals surface area (Å²) in [6.07, 6.45) is 3.29. The van der Waals surface area contributed by atoms with E-state index in [1.54, 1.807) is 12.7 Å². The number of hydrogen-bond donors (Lipinski definition) is 0. The minimum atomic E-state index is 0.827. The van der Waals surface area contributed by atoms with Crippen molar-refractivity contribution in [3.8, 4) is 11.4 Å². The average Bonchev–Trinajstić information content (AvgIpc) is 3.05. The summed E-state index contributed by atoms with van der Waals surface area (Å²) in [5.41, 5.74) is 5.94. The van der Waals surface area contributed by atoms with Gasteiger partial charge in [-0.2, -0.15) is 5.10 Å². The molecule has 0 aromatic carbocycles. The molecule has 0 N–H and O–H groups in total. The van der Waals surface area contributed by atoms with Gasteiger partial charge < -0.3 is 0 Å². The van der Waals surface area contributed by atoms with Crippen LogP contribution in [0.15, 0.2) is 36.9 Å². The largest absolute Gasteiger partial charge is 0.280 e. The van der Waals surface area contributed by atoms with E-state index in [9.17, 15) is 0 Å². The molecule has 0 aliphatic heterocycles. The lowest BCUT2D eigenvalue weighted by atomic mass is 10.1. The molecule has 6 nitrogen and oxygen atoms in total. The van der Waals surface area contributed by atoms with Gasteiger partial charge in [-0.3, -0.25) is 4.40 Å². The molecular weight excluding hydrogens is 252 g/mol. The zero-order valence-corrected chi connectivity index (χ0v) is 11.1. The number of aromatic nitrogens is 6. The quantitative estimate of drug-likeness (QED) is 0.528. The molecule has 0 spiro atoms. The number of hydrogen-bond acceptors (Lipinski definition) is 4. The lowest BCUT2D eigenvalue weighted by molar-refractivity contribution is 0.946. The summed E-state index contributed by atoms with van der Waals surface area (Å²) < 4.78 is 3.82. The van der Waals surface area contributed by atoms with Crippen LogP contribution in [0.2, 0.25) is 0 Å². The Kier molecular flexibility index (Phi) is 2.14. The normalized spacial score (nSPS) is 11.5. The molecule has 0 atom stereocenters. The molecule has 4 aromatic rings. The Bertz CT molecular complexity index is 933. The van der Waals surface area contributed by atoms with Crippen molar-refractivity contribution < 1.29 is 0 Å². The molecule has 0 bridgehead atoms. The van der Waals surface area contributed by atoms with Gasteiger partial charge in [0.15, 0.2) is 11.3 Å². The number of rotatable bonds is 1. The topological polar surface area (TPSA) is 60.4 Å². The summed E-state index contributed by atoms with van der Waals surface area (Å²) >= 11 is 0. The van der Waals surface area contributed by atoms with Crippen LogP contribution in [0.1, 0.15) is 11.1 Å². The maximum atomic E-state index is 4.33.